The molecule has 1 aromatic carbocycles. The monoisotopic (exact) mass is 447 g/mol. The van der Waals surface area contributed by atoms with Crippen molar-refractivity contribution in [3.63, 3.8) is 0 Å². The number of halogens is 1. The Labute approximate surface area is 181 Å². The summed E-state index contributed by atoms with van der Waals surface area (Å²) in [5.41, 5.74) is 1.81. The van der Waals surface area contributed by atoms with Gasteiger partial charge >= 0.3 is 0 Å². The molecule has 0 aliphatic heterocycles. The number of hydrogen-bond donors (Lipinski definition) is 2. The van der Waals surface area contributed by atoms with Gasteiger partial charge in [0.25, 0.3) is 0 Å². The number of fused-ring (bicyclic) bond motifs is 1. The number of nitrogens with zero attached hydrogens (tertiary/aromatic N) is 2. The number of aliphatic hydroxyl groups is 1. The fourth-order valence-electron chi connectivity index (χ4n) is 3.42. The molecule has 31 heavy (non-hydrogen) atoms. The van der Waals surface area contributed by atoms with E-state index in [2.05, 4.69) is 16.9 Å². The van der Waals surface area contributed by atoms with Crippen molar-refractivity contribution in [2.24, 2.45) is 0 Å². The zero-order chi connectivity index (χ0) is 22.8. The third-order valence-electron chi connectivity index (χ3n) is 4.94. The van der Waals surface area contributed by atoms with Crippen molar-refractivity contribution in [3.8, 4) is 11.3 Å². The minimum absolute atomic E-state index is 0.182. The van der Waals surface area contributed by atoms with Gasteiger partial charge in [-0.2, -0.15) is 4.98 Å². The Hall–Kier alpha value is -2.75. The molecule has 0 radical (unpaired) electrons. The Kier molecular flexibility index (Phi) is 6.78. The molecule has 0 fully saturated rings. The molecule has 1 unspecified atom stereocenters. The van der Waals surface area contributed by atoms with Gasteiger partial charge in [0.05, 0.1) is 11.8 Å². The SMILES string of the molecule is C=CCCCN(c1nc2oc(-c3ccc(F)cc3)c(C(O)NC)c2cc1C)S(C)(=O)=O. The van der Waals surface area contributed by atoms with E-state index < -0.39 is 22.1 Å². The summed E-state index contributed by atoms with van der Waals surface area (Å²) in [4.78, 5) is 4.50. The largest absolute Gasteiger partial charge is 0.437 e. The summed E-state index contributed by atoms with van der Waals surface area (Å²) in [7, 11) is -1.98. The second-order valence-corrected chi connectivity index (χ2v) is 9.20. The molecule has 0 spiro atoms. The molecule has 0 aliphatic rings. The average molecular weight is 448 g/mol. The van der Waals surface area contributed by atoms with E-state index in [4.69, 9.17) is 4.42 Å². The number of aliphatic hydroxyl groups excluding tert-OH is 1. The van der Waals surface area contributed by atoms with Crippen LogP contribution in [0.2, 0.25) is 0 Å². The van der Waals surface area contributed by atoms with Crippen LogP contribution >= 0.6 is 0 Å². The summed E-state index contributed by atoms with van der Waals surface area (Å²) in [6.07, 6.45) is 3.07. The average Bonchev–Trinajstić information content (AvgIpc) is 3.08. The summed E-state index contributed by atoms with van der Waals surface area (Å²) in [6.45, 7) is 5.68. The molecule has 0 saturated carbocycles. The maximum atomic E-state index is 13.4. The molecule has 0 saturated heterocycles. The Morgan fingerprint density at radius 1 is 1.35 bits per heavy atom. The third-order valence-corrected chi connectivity index (χ3v) is 6.10. The third kappa shape index (κ3) is 4.79. The number of nitrogens with one attached hydrogen (secondary N) is 1. The Morgan fingerprint density at radius 2 is 2.03 bits per heavy atom. The smallest absolute Gasteiger partial charge is 0.233 e. The summed E-state index contributed by atoms with van der Waals surface area (Å²) < 4.78 is 45.5. The summed E-state index contributed by atoms with van der Waals surface area (Å²) >= 11 is 0. The number of aromatic nitrogens is 1. The minimum atomic E-state index is -3.58. The molecule has 0 amide bonds. The topological polar surface area (TPSA) is 95.7 Å². The van der Waals surface area contributed by atoms with Crippen molar-refractivity contribution in [3.05, 3.63) is 59.9 Å². The van der Waals surface area contributed by atoms with Crippen molar-refractivity contribution in [1.82, 2.24) is 10.3 Å². The molecular weight excluding hydrogens is 421 g/mol. The zero-order valence-corrected chi connectivity index (χ0v) is 18.5. The first-order valence-corrected chi connectivity index (χ1v) is 11.7. The van der Waals surface area contributed by atoms with Gasteiger partial charge in [-0.25, -0.2) is 12.8 Å². The molecule has 1 atom stereocenters. The number of pyridine rings is 1. The molecule has 2 aromatic heterocycles. The fourth-order valence-corrected chi connectivity index (χ4v) is 4.38. The molecular formula is C22H26FN3O4S. The number of rotatable bonds is 9. The van der Waals surface area contributed by atoms with Gasteiger partial charge in [-0.05, 0) is 62.7 Å². The molecule has 0 aliphatic carbocycles. The van der Waals surface area contributed by atoms with Crippen molar-refractivity contribution in [1.29, 1.82) is 0 Å². The highest BCUT2D eigenvalue weighted by molar-refractivity contribution is 7.92. The van der Waals surface area contributed by atoms with Crippen LogP contribution in [0.4, 0.5) is 10.2 Å². The molecule has 0 bridgehead atoms. The van der Waals surface area contributed by atoms with Crippen LogP contribution in [0, 0.1) is 12.7 Å². The standard InChI is InChI=1S/C22H26FN3O4S/c1-5-6-7-12-26(31(4,28)29)20-14(2)13-17-18(21(27)24-3)19(30-22(17)25-20)15-8-10-16(23)11-9-15/h5,8-11,13,21,24,27H,1,6-7,12H2,2-4H3. The maximum Gasteiger partial charge on any atom is 0.233 e. The molecule has 2 N–H and O–H groups in total. The second kappa shape index (κ2) is 9.17. The van der Waals surface area contributed by atoms with Gasteiger partial charge in [0.15, 0.2) is 0 Å². The van der Waals surface area contributed by atoms with Gasteiger partial charge in [-0.3, -0.25) is 9.62 Å². The first-order valence-electron chi connectivity index (χ1n) is 9.81. The van der Waals surface area contributed by atoms with E-state index in [1.54, 1.807) is 38.2 Å². The summed E-state index contributed by atoms with van der Waals surface area (Å²) in [6, 6.07) is 7.44. The Bertz CT molecular complexity index is 1190. The van der Waals surface area contributed by atoms with Crippen LogP contribution in [-0.4, -0.2) is 38.4 Å². The van der Waals surface area contributed by atoms with Crippen molar-refractivity contribution in [2.45, 2.75) is 26.0 Å². The van der Waals surface area contributed by atoms with E-state index in [0.717, 1.165) is 6.26 Å². The maximum absolute atomic E-state index is 13.4. The molecule has 166 valence electrons. The number of anilines is 1. The van der Waals surface area contributed by atoms with Crippen LogP contribution < -0.4 is 9.62 Å². The lowest BCUT2D eigenvalue weighted by molar-refractivity contribution is 0.150. The lowest BCUT2D eigenvalue weighted by atomic mass is 10.0. The van der Waals surface area contributed by atoms with Gasteiger partial charge in [0, 0.05) is 17.5 Å². The Balaban J connectivity index is 2.21. The van der Waals surface area contributed by atoms with E-state index in [1.807, 2.05) is 0 Å². The lowest BCUT2D eigenvalue weighted by Gasteiger charge is -2.22. The van der Waals surface area contributed by atoms with Gasteiger partial charge in [-0.1, -0.05) is 6.08 Å². The van der Waals surface area contributed by atoms with Gasteiger partial charge < -0.3 is 9.52 Å². The van der Waals surface area contributed by atoms with Crippen molar-refractivity contribution in [2.75, 3.05) is 24.2 Å². The van der Waals surface area contributed by atoms with E-state index in [0.29, 0.717) is 40.7 Å². The zero-order valence-electron chi connectivity index (χ0n) is 17.7. The number of hydrogen-bond acceptors (Lipinski definition) is 6. The number of aryl methyl sites for hydroxylation is 1. The first-order chi connectivity index (χ1) is 14.7. The van der Waals surface area contributed by atoms with Gasteiger partial charge in [0.1, 0.15) is 23.6 Å². The van der Waals surface area contributed by atoms with E-state index in [9.17, 15) is 17.9 Å². The van der Waals surface area contributed by atoms with E-state index >= 15 is 0 Å². The normalized spacial score (nSPS) is 12.8. The lowest BCUT2D eigenvalue weighted by Crippen LogP contribution is -2.32. The molecule has 3 rings (SSSR count). The quantitative estimate of drug-likeness (QED) is 0.294. The number of benzene rings is 1. The van der Waals surface area contributed by atoms with Crippen LogP contribution in [0.25, 0.3) is 22.4 Å². The van der Waals surface area contributed by atoms with Crippen molar-refractivity contribution >= 4 is 26.9 Å². The van der Waals surface area contributed by atoms with Crippen LogP contribution in [0.3, 0.4) is 0 Å². The molecule has 3 aromatic rings. The van der Waals surface area contributed by atoms with Crippen LogP contribution in [0.1, 0.15) is 30.2 Å². The Morgan fingerprint density at radius 3 is 2.61 bits per heavy atom. The highest BCUT2D eigenvalue weighted by Crippen LogP contribution is 2.38. The summed E-state index contributed by atoms with van der Waals surface area (Å²) in [5.74, 6) is 0.206. The highest BCUT2D eigenvalue weighted by Gasteiger charge is 2.26. The van der Waals surface area contributed by atoms with Crippen LogP contribution in [0.15, 0.2) is 47.4 Å². The highest BCUT2D eigenvalue weighted by atomic mass is 32.2. The van der Waals surface area contributed by atoms with Gasteiger partial charge in [-0.15, -0.1) is 6.58 Å². The van der Waals surface area contributed by atoms with Crippen LogP contribution in [0.5, 0.6) is 0 Å². The fraction of sp³-hybridized carbons (Fsp3) is 0.318. The number of furan rings is 1. The first kappa shape index (κ1) is 22.9. The van der Waals surface area contributed by atoms with Gasteiger partial charge in [0.2, 0.25) is 15.7 Å². The predicted molar refractivity (Wildman–Crippen MR) is 120 cm³/mol. The molecule has 9 heteroatoms. The minimum Gasteiger partial charge on any atom is -0.437 e. The van der Waals surface area contributed by atoms with Crippen LogP contribution in [-0.2, 0) is 10.0 Å². The van der Waals surface area contributed by atoms with Crippen molar-refractivity contribution < 1.29 is 22.3 Å². The predicted octanol–water partition coefficient (Wildman–Crippen LogP) is 3.88. The van der Waals surface area contributed by atoms with E-state index in [-0.39, 0.29) is 18.1 Å². The summed E-state index contributed by atoms with van der Waals surface area (Å²) in [5, 5.41) is 13.9. The van der Waals surface area contributed by atoms with E-state index in [1.165, 1.54) is 16.4 Å². The number of sulfonamides is 1. The molecule has 7 nitrogen and oxygen atoms in total. The second-order valence-electron chi connectivity index (χ2n) is 7.29. The molecule has 2 heterocycles. The number of unbranched alkanes of at least 4 members (excludes halogenated alkanes) is 1. The number of allylic oxidation sites excluding steroid dienone is 1.